The summed E-state index contributed by atoms with van der Waals surface area (Å²) in [5, 5.41) is 30.3. The van der Waals surface area contributed by atoms with Gasteiger partial charge in [0.2, 0.25) is 5.82 Å². The number of nitriles is 1. The van der Waals surface area contributed by atoms with Gasteiger partial charge in [-0.2, -0.15) is 10.2 Å². The fraction of sp³-hybridized carbons (Fsp3) is 0.429. The molecule has 1 amide bonds. The van der Waals surface area contributed by atoms with E-state index < -0.39 is 0 Å². The smallest absolute Gasteiger partial charge is 0.269 e. The van der Waals surface area contributed by atoms with Crippen LogP contribution in [0.3, 0.4) is 0 Å². The van der Waals surface area contributed by atoms with Crippen LogP contribution in [0.15, 0.2) is 30.5 Å². The van der Waals surface area contributed by atoms with E-state index in [0.29, 0.717) is 18.7 Å². The Morgan fingerprint density at radius 1 is 1.40 bits per heavy atom. The number of anilines is 1. The van der Waals surface area contributed by atoms with Crippen LogP contribution in [-0.4, -0.2) is 56.7 Å². The number of nitrogens with one attached hydrogen (secondary N) is 1. The van der Waals surface area contributed by atoms with Crippen molar-refractivity contribution < 1.29 is 15.0 Å². The molecular weight excluding hydrogens is 384 g/mol. The molecule has 1 atom stereocenters. The highest BCUT2D eigenvalue weighted by Gasteiger charge is 2.21. The first-order valence-electron chi connectivity index (χ1n) is 9.89. The van der Waals surface area contributed by atoms with Gasteiger partial charge >= 0.3 is 0 Å². The van der Waals surface area contributed by atoms with Crippen LogP contribution in [0.5, 0.6) is 5.75 Å². The third-order valence-electron chi connectivity index (χ3n) is 4.76. The molecule has 1 aliphatic heterocycles. The van der Waals surface area contributed by atoms with E-state index in [9.17, 15) is 15.0 Å². The molecule has 1 aromatic heterocycles. The molecule has 2 heterocycles. The SMILES string of the molecule is CC(C)CN(NC(=O)c1ccc(CN2CCC(O)C2)cc1)c1nc(C#N)ncc1O. The number of carbonyl (C=O) groups is 1. The van der Waals surface area contributed by atoms with Crippen molar-refractivity contribution in [3.8, 4) is 11.8 Å². The number of hydrogen-bond acceptors (Lipinski definition) is 8. The Kier molecular flexibility index (Phi) is 6.82. The summed E-state index contributed by atoms with van der Waals surface area (Å²) in [6, 6.07) is 9.10. The van der Waals surface area contributed by atoms with Gasteiger partial charge in [0.1, 0.15) is 6.07 Å². The number of aliphatic hydroxyl groups is 1. The fourth-order valence-corrected chi connectivity index (χ4v) is 3.33. The lowest BCUT2D eigenvalue weighted by Gasteiger charge is -2.26. The highest BCUT2D eigenvalue weighted by Crippen LogP contribution is 2.23. The second-order valence-corrected chi connectivity index (χ2v) is 7.83. The maximum absolute atomic E-state index is 12.8. The van der Waals surface area contributed by atoms with E-state index in [4.69, 9.17) is 5.26 Å². The van der Waals surface area contributed by atoms with Gasteiger partial charge in [-0.25, -0.2) is 4.98 Å². The molecule has 0 radical (unpaired) electrons. The van der Waals surface area contributed by atoms with Crippen molar-refractivity contribution >= 4 is 11.7 Å². The highest BCUT2D eigenvalue weighted by atomic mass is 16.3. The summed E-state index contributed by atoms with van der Waals surface area (Å²) >= 11 is 0. The van der Waals surface area contributed by atoms with Gasteiger partial charge in [-0.15, -0.1) is 0 Å². The largest absolute Gasteiger partial charge is 0.503 e. The number of aromatic hydroxyl groups is 1. The van der Waals surface area contributed by atoms with E-state index in [1.54, 1.807) is 12.1 Å². The molecule has 9 nitrogen and oxygen atoms in total. The van der Waals surface area contributed by atoms with Crippen LogP contribution in [0, 0.1) is 17.2 Å². The van der Waals surface area contributed by atoms with Crippen LogP contribution in [-0.2, 0) is 6.54 Å². The molecule has 0 saturated carbocycles. The topological polar surface area (TPSA) is 126 Å². The molecule has 1 unspecified atom stereocenters. The first-order chi connectivity index (χ1) is 14.4. The predicted octanol–water partition coefficient (Wildman–Crippen LogP) is 1.43. The molecule has 3 rings (SSSR count). The third-order valence-corrected chi connectivity index (χ3v) is 4.76. The Hall–Kier alpha value is -3.22. The zero-order valence-corrected chi connectivity index (χ0v) is 17.1. The standard InChI is InChI=1S/C21H26N6O3/c1-14(2)11-27(20-18(29)10-23-19(9-22)24-20)25-21(30)16-5-3-15(4-6-16)12-26-8-7-17(28)13-26/h3-6,10,14,17,28-29H,7-8,11-13H2,1-2H3,(H,25,30). The maximum atomic E-state index is 12.8. The lowest BCUT2D eigenvalue weighted by atomic mass is 10.1. The van der Waals surface area contributed by atoms with Crippen molar-refractivity contribution in [3.63, 3.8) is 0 Å². The Morgan fingerprint density at radius 2 is 2.13 bits per heavy atom. The van der Waals surface area contributed by atoms with E-state index in [2.05, 4.69) is 20.3 Å². The molecule has 0 bridgehead atoms. The van der Waals surface area contributed by atoms with E-state index >= 15 is 0 Å². The number of hydrazine groups is 1. The number of benzene rings is 1. The maximum Gasteiger partial charge on any atom is 0.269 e. The minimum Gasteiger partial charge on any atom is -0.503 e. The van der Waals surface area contributed by atoms with Crippen molar-refractivity contribution in [1.82, 2.24) is 20.3 Å². The summed E-state index contributed by atoms with van der Waals surface area (Å²) in [4.78, 5) is 22.7. The van der Waals surface area contributed by atoms with Gasteiger partial charge in [-0.05, 0) is 30.0 Å². The molecule has 1 aliphatic rings. The van der Waals surface area contributed by atoms with Crippen LogP contribution in [0.1, 0.15) is 42.0 Å². The number of amides is 1. The summed E-state index contributed by atoms with van der Waals surface area (Å²) in [5.41, 5.74) is 4.29. The van der Waals surface area contributed by atoms with E-state index in [0.717, 1.165) is 31.3 Å². The minimum absolute atomic E-state index is 0.0767. The number of aromatic nitrogens is 2. The van der Waals surface area contributed by atoms with Crippen molar-refractivity contribution in [3.05, 3.63) is 47.4 Å². The molecule has 2 aromatic rings. The van der Waals surface area contributed by atoms with E-state index in [1.807, 2.05) is 32.0 Å². The number of carbonyl (C=O) groups excluding carboxylic acids is 1. The number of aliphatic hydroxyl groups excluding tert-OH is 1. The van der Waals surface area contributed by atoms with Crippen LogP contribution in [0.2, 0.25) is 0 Å². The van der Waals surface area contributed by atoms with Crippen molar-refractivity contribution in [2.24, 2.45) is 5.92 Å². The second-order valence-electron chi connectivity index (χ2n) is 7.83. The number of likely N-dealkylation sites (tertiary alicyclic amines) is 1. The van der Waals surface area contributed by atoms with Gasteiger partial charge in [0.25, 0.3) is 5.91 Å². The molecule has 9 heteroatoms. The molecule has 0 aliphatic carbocycles. The fourth-order valence-electron chi connectivity index (χ4n) is 3.33. The average Bonchev–Trinajstić information content (AvgIpc) is 3.12. The van der Waals surface area contributed by atoms with Crippen molar-refractivity contribution in [2.75, 3.05) is 24.6 Å². The lowest BCUT2D eigenvalue weighted by molar-refractivity contribution is 0.0947. The zero-order valence-electron chi connectivity index (χ0n) is 17.1. The summed E-state index contributed by atoms with van der Waals surface area (Å²) in [6.45, 7) is 6.57. The van der Waals surface area contributed by atoms with Gasteiger partial charge in [-0.1, -0.05) is 26.0 Å². The molecule has 3 N–H and O–H groups in total. The molecule has 30 heavy (non-hydrogen) atoms. The molecule has 1 fully saturated rings. The Morgan fingerprint density at radius 3 is 2.73 bits per heavy atom. The van der Waals surface area contributed by atoms with Crippen LogP contribution in [0.4, 0.5) is 5.82 Å². The van der Waals surface area contributed by atoms with Gasteiger partial charge in [0.15, 0.2) is 11.6 Å². The molecule has 1 saturated heterocycles. The molecule has 158 valence electrons. The average molecular weight is 410 g/mol. The van der Waals surface area contributed by atoms with E-state index in [-0.39, 0.29) is 35.3 Å². The van der Waals surface area contributed by atoms with Gasteiger partial charge in [-0.3, -0.25) is 20.1 Å². The number of nitrogens with zero attached hydrogens (tertiary/aromatic N) is 5. The number of rotatable bonds is 7. The Labute approximate surface area is 175 Å². The Balaban J connectivity index is 1.72. The van der Waals surface area contributed by atoms with Crippen LogP contribution >= 0.6 is 0 Å². The molecular formula is C21H26N6O3. The lowest BCUT2D eigenvalue weighted by Crippen LogP contribution is -2.45. The van der Waals surface area contributed by atoms with Gasteiger partial charge in [0.05, 0.1) is 12.3 Å². The van der Waals surface area contributed by atoms with E-state index in [1.165, 1.54) is 5.01 Å². The molecule has 0 spiro atoms. The monoisotopic (exact) mass is 410 g/mol. The second kappa shape index (κ2) is 9.52. The van der Waals surface area contributed by atoms with Crippen LogP contribution < -0.4 is 10.4 Å². The minimum atomic E-state index is -0.352. The number of β-amino-alcohol motifs (C(OH)–C–C–N with tert-alkyl or cyclic N) is 1. The normalized spacial score (nSPS) is 16.4. The highest BCUT2D eigenvalue weighted by molar-refractivity contribution is 5.95. The predicted molar refractivity (Wildman–Crippen MR) is 110 cm³/mol. The first-order valence-corrected chi connectivity index (χ1v) is 9.89. The zero-order chi connectivity index (χ0) is 21.7. The summed E-state index contributed by atoms with van der Waals surface area (Å²) < 4.78 is 0. The number of hydrogen-bond donors (Lipinski definition) is 3. The summed E-state index contributed by atoms with van der Waals surface area (Å²) in [7, 11) is 0. The Bertz CT molecular complexity index is 925. The van der Waals surface area contributed by atoms with Gasteiger partial charge < -0.3 is 10.2 Å². The summed E-state index contributed by atoms with van der Waals surface area (Å²) in [5.74, 6) is -0.438. The van der Waals surface area contributed by atoms with Crippen molar-refractivity contribution in [1.29, 1.82) is 5.26 Å². The third kappa shape index (κ3) is 5.43. The van der Waals surface area contributed by atoms with Gasteiger partial charge in [0, 0.05) is 31.7 Å². The summed E-state index contributed by atoms with van der Waals surface area (Å²) in [6.07, 6.45) is 1.67. The van der Waals surface area contributed by atoms with Crippen LogP contribution in [0.25, 0.3) is 0 Å². The first kappa shape index (κ1) is 21.5. The molecule has 1 aromatic carbocycles. The van der Waals surface area contributed by atoms with Crippen molar-refractivity contribution in [2.45, 2.75) is 32.9 Å². The quantitative estimate of drug-likeness (QED) is 0.585.